The average molecular weight is 344 g/mol. The minimum absolute atomic E-state index is 0.0202. The van der Waals surface area contributed by atoms with Gasteiger partial charge in [0.15, 0.2) is 0 Å². The van der Waals surface area contributed by atoms with E-state index < -0.39 is 0 Å². The lowest BCUT2D eigenvalue weighted by Gasteiger charge is -2.07. The zero-order valence-electron chi connectivity index (χ0n) is 13.8. The third-order valence-electron chi connectivity index (χ3n) is 4.09. The van der Waals surface area contributed by atoms with Gasteiger partial charge in [0, 0.05) is 10.9 Å². The zero-order chi connectivity index (χ0) is 17.1. The maximum absolute atomic E-state index is 12.8. The molecule has 0 spiro atoms. The number of aromatic nitrogens is 2. The maximum atomic E-state index is 12.8. The largest absolute Gasteiger partial charge is 0.394 e. The smallest absolute Gasteiger partial charge is 0.262 e. The van der Waals surface area contributed by atoms with Crippen molar-refractivity contribution in [1.29, 1.82) is 0 Å². The second-order valence-corrected chi connectivity index (χ2v) is 6.57. The number of aliphatic hydroxyl groups excluding tert-OH is 1. The molecule has 0 fully saturated rings. The highest BCUT2D eigenvalue weighted by Gasteiger charge is 2.13. The Labute approximate surface area is 144 Å². The predicted octanol–water partition coefficient (Wildman–Crippen LogP) is 2.75. The SMILES string of the molecule is Cc1ccc(-c2csc3ncn(CCOCCO)c(=O)c23)cc1C. The van der Waals surface area contributed by atoms with Crippen LogP contribution in [0.2, 0.25) is 0 Å². The molecule has 0 amide bonds. The maximum Gasteiger partial charge on any atom is 0.262 e. The number of rotatable bonds is 6. The minimum Gasteiger partial charge on any atom is -0.394 e. The van der Waals surface area contributed by atoms with Gasteiger partial charge in [-0.25, -0.2) is 4.98 Å². The topological polar surface area (TPSA) is 64.3 Å². The van der Waals surface area contributed by atoms with Crippen LogP contribution in [0, 0.1) is 13.8 Å². The van der Waals surface area contributed by atoms with Crippen LogP contribution < -0.4 is 5.56 Å². The molecular formula is C18H20N2O3S. The number of benzene rings is 1. The first-order chi connectivity index (χ1) is 11.6. The molecule has 0 atom stereocenters. The fourth-order valence-corrected chi connectivity index (χ4v) is 3.48. The summed E-state index contributed by atoms with van der Waals surface area (Å²) in [4.78, 5) is 18.0. The molecule has 2 heterocycles. The van der Waals surface area contributed by atoms with Crippen LogP contribution in [0.3, 0.4) is 0 Å². The third kappa shape index (κ3) is 3.26. The van der Waals surface area contributed by atoms with Crippen LogP contribution in [0.15, 0.2) is 34.7 Å². The lowest BCUT2D eigenvalue weighted by Crippen LogP contribution is -2.23. The van der Waals surface area contributed by atoms with E-state index in [1.807, 2.05) is 11.4 Å². The molecular weight excluding hydrogens is 324 g/mol. The van der Waals surface area contributed by atoms with E-state index in [4.69, 9.17) is 9.84 Å². The molecule has 126 valence electrons. The third-order valence-corrected chi connectivity index (χ3v) is 4.98. The summed E-state index contributed by atoms with van der Waals surface area (Å²) < 4.78 is 6.81. The summed E-state index contributed by atoms with van der Waals surface area (Å²) >= 11 is 1.48. The Balaban J connectivity index is 2.00. The van der Waals surface area contributed by atoms with E-state index in [0.29, 0.717) is 18.5 Å². The van der Waals surface area contributed by atoms with Gasteiger partial charge in [0.2, 0.25) is 0 Å². The van der Waals surface area contributed by atoms with Crippen molar-refractivity contribution in [2.45, 2.75) is 20.4 Å². The van der Waals surface area contributed by atoms with Gasteiger partial charge in [0.1, 0.15) is 4.83 Å². The molecule has 3 aromatic rings. The molecule has 1 aromatic carbocycles. The first-order valence-electron chi connectivity index (χ1n) is 7.84. The van der Waals surface area contributed by atoms with Crippen molar-refractivity contribution in [3.63, 3.8) is 0 Å². The molecule has 0 bridgehead atoms. The minimum atomic E-state index is -0.0536. The Kier molecular flexibility index (Phi) is 5.08. The second-order valence-electron chi connectivity index (χ2n) is 5.71. The van der Waals surface area contributed by atoms with Gasteiger partial charge in [-0.15, -0.1) is 11.3 Å². The van der Waals surface area contributed by atoms with Crippen molar-refractivity contribution >= 4 is 21.6 Å². The number of nitrogens with zero attached hydrogens (tertiary/aromatic N) is 2. The highest BCUT2D eigenvalue weighted by atomic mass is 32.1. The van der Waals surface area contributed by atoms with E-state index in [1.54, 1.807) is 10.9 Å². The molecule has 24 heavy (non-hydrogen) atoms. The summed E-state index contributed by atoms with van der Waals surface area (Å²) in [6.45, 7) is 5.19. The summed E-state index contributed by atoms with van der Waals surface area (Å²) in [5.41, 5.74) is 4.35. The van der Waals surface area contributed by atoms with E-state index in [9.17, 15) is 4.79 Å². The van der Waals surface area contributed by atoms with Crippen LogP contribution in [-0.4, -0.2) is 34.5 Å². The van der Waals surface area contributed by atoms with Crippen LogP contribution in [0.4, 0.5) is 0 Å². The highest BCUT2D eigenvalue weighted by molar-refractivity contribution is 7.17. The number of hydrogen-bond donors (Lipinski definition) is 1. The number of hydrogen-bond acceptors (Lipinski definition) is 5. The number of thiophene rings is 1. The van der Waals surface area contributed by atoms with E-state index in [0.717, 1.165) is 16.0 Å². The van der Waals surface area contributed by atoms with Gasteiger partial charge in [0.25, 0.3) is 5.56 Å². The van der Waals surface area contributed by atoms with E-state index in [-0.39, 0.29) is 18.8 Å². The molecule has 0 aliphatic carbocycles. The van der Waals surface area contributed by atoms with E-state index in [1.165, 1.54) is 22.5 Å². The molecule has 0 unspecified atom stereocenters. The zero-order valence-corrected chi connectivity index (χ0v) is 14.6. The summed E-state index contributed by atoms with van der Waals surface area (Å²) in [5, 5.41) is 11.4. The number of fused-ring (bicyclic) bond motifs is 1. The molecule has 0 aliphatic rings. The Morgan fingerprint density at radius 2 is 2.08 bits per heavy atom. The van der Waals surface area contributed by atoms with Crippen LogP contribution >= 0.6 is 11.3 Å². The first kappa shape index (κ1) is 16.8. The molecule has 0 radical (unpaired) electrons. The number of ether oxygens (including phenoxy) is 1. The van der Waals surface area contributed by atoms with Gasteiger partial charge in [-0.1, -0.05) is 18.2 Å². The van der Waals surface area contributed by atoms with E-state index >= 15 is 0 Å². The summed E-state index contributed by atoms with van der Waals surface area (Å²) in [6, 6.07) is 6.23. The van der Waals surface area contributed by atoms with Crippen molar-refractivity contribution in [3.05, 3.63) is 51.4 Å². The highest BCUT2D eigenvalue weighted by Crippen LogP contribution is 2.31. The lowest BCUT2D eigenvalue weighted by molar-refractivity contribution is 0.0865. The van der Waals surface area contributed by atoms with Crippen LogP contribution in [-0.2, 0) is 11.3 Å². The Morgan fingerprint density at radius 3 is 2.83 bits per heavy atom. The summed E-state index contributed by atoms with van der Waals surface area (Å²) in [6.07, 6.45) is 1.56. The quantitative estimate of drug-likeness (QED) is 0.699. The Morgan fingerprint density at radius 1 is 1.25 bits per heavy atom. The Bertz CT molecular complexity index is 914. The first-order valence-corrected chi connectivity index (χ1v) is 8.72. The summed E-state index contributed by atoms with van der Waals surface area (Å²) in [5.74, 6) is 0. The monoisotopic (exact) mass is 344 g/mol. The molecule has 0 saturated heterocycles. The number of aliphatic hydroxyl groups is 1. The fraction of sp³-hybridized carbons (Fsp3) is 0.333. The molecule has 6 heteroatoms. The lowest BCUT2D eigenvalue weighted by atomic mass is 10.0. The van der Waals surface area contributed by atoms with Gasteiger partial charge < -0.3 is 9.84 Å². The Hall–Kier alpha value is -2.02. The van der Waals surface area contributed by atoms with Gasteiger partial charge >= 0.3 is 0 Å². The summed E-state index contributed by atoms with van der Waals surface area (Å²) in [7, 11) is 0. The molecule has 0 saturated carbocycles. The van der Waals surface area contributed by atoms with Gasteiger partial charge in [-0.3, -0.25) is 9.36 Å². The van der Waals surface area contributed by atoms with Gasteiger partial charge in [-0.2, -0.15) is 0 Å². The van der Waals surface area contributed by atoms with Crippen LogP contribution in [0.5, 0.6) is 0 Å². The standard InChI is InChI=1S/C18H20N2O3S/c1-12-3-4-14(9-13(12)2)15-10-24-17-16(15)18(22)20(11-19-17)5-7-23-8-6-21/h3-4,9-11,21H,5-8H2,1-2H3. The van der Waals surface area contributed by atoms with Gasteiger partial charge in [-0.05, 0) is 30.5 Å². The van der Waals surface area contributed by atoms with Crippen molar-refractivity contribution in [2.24, 2.45) is 0 Å². The molecule has 2 aromatic heterocycles. The molecule has 0 aliphatic heterocycles. The molecule has 1 N–H and O–H groups in total. The van der Waals surface area contributed by atoms with Crippen molar-refractivity contribution in [1.82, 2.24) is 9.55 Å². The molecule has 3 rings (SSSR count). The molecule has 5 nitrogen and oxygen atoms in total. The predicted molar refractivity (Wildman–Crippen MR) is 96.7 cm³/mol. The van der Waals surface area contributed by atoms with Crippen LogP contribution in [0.1, 0.15) is 11.1 Å². The van der Waals surface area contributed by atoms with Crippen molar-refractivity contribution in [2.75, 3.05) is 19.8 Å². The van der Waals surface area contributed by atoms with E-state index in [2.05, 4.69) is 31.0 Å². The normalized spacial score (nSPS) is 11.3. The van der Waals surface area contributed by atoms with Gasteiger partial charge in [0.05, 0.1) is 38.1 Å². The van der Waals surface area contributed by atoms with Crippen molar-refractivity contribution < 1.29 is 9.84 Å². The second kappa shape index (κ2) is 7.25. The van der Waals surface area contributed by atoms with Crippen molar-refractivity contribution in [3.8, 4) is 11.1 Å². The average Bonchev–Trinajstić information content (AvgIpc) is 3.01. The van der Waals surface area contributed by atoms with Crippen LogP contribution in [0.25, 0.3) is 21.3 Å². The fourth-order valence-electron chi connectivity index (χ4n) is 2.58. The number of aryl methyl sites for hydroxylation is 2.